The SMILES string of the molecule is C#CCNC(=NCCCC(=O)N1CCc2cc(OC)c(OC)cc2C1)NCC.I. The quantitative estimate of drug-likeness (QED) is 0.183. The number of nitrogens with one attached hydrogen (secondary N) is 2. The number of amides is 1. The van der Waals surface area contributed by atoms with Crippen LogP contribution in [0, 0.1) is 12.3 Å². The zero-order chi connectivity index (χ0) is 20.4. The zero-order valence-corrected chi connectivity index (χ0v) is 19.7. The Balaban J connectivity index is 0.00000420. The molecule has 2 rings (SSSR count). The number of hydrogen-bond donors (Lipinski definition) is 2. The van der Waals surface area contributed by atoms with E-state index >= 15 is 0 Å². The van der Waals surface area contributed by atoms with E-state index in [2.05, 4.69) is 21.5 Å². The Morgan fingerprint density at radius 1 is 1.24 bits per heavy atom. The van der Waals surface area contributed by atoms with E-state index in [0.717, 1.165) is 30.8 Å². The molecular weight excluding hydrogens is 483 g/mol. The van der Waals surface area contributed by atoms with Crippen LogP contribution in [-0.2, 0) is 17.8 Å². The molecule has 0 bridgehead atoms. The first kappa shape index (κ1) is 24.9. The molecule has 0 aliphatic carbocycles. The van der Waals surface area contributed by atoms with Crippen LogP contribution in [0.25, 0.3) is 0 Å². The molecule has 8 heteroatoms. The summed E-state index contributed by atoms with van der Waals surface area (Å²) in [5, 5.41) is 6.16. The molecule has 1 amide bonds. The van der Waals surface area contributed by atoms with Crippen molar-refractivity contribution < 1.29 is 14.3 Å². The van der Waals surface area contributed by atoms with Gasteiger partial charge in [-0.25, -0.2) is 0 Å². The number of fused-ring (bicyclic) bond motifs is 1. The number of rotatable bonds is 8. The van der Waals surface area contributed by atoms with Crippen molar-refractivity contribution >= 4 is 35.8 Å². The number of halogens is 1. The number of carbonyl (C=O) groups is 1. The molecule has 29 heavy (non-hydrogen) atoms. The van der Waals surface area contributed by atoms with Gasteiger partial charge in [-0.3, -0.25) is 9.79 Å². The second kappa shape index (κ2) is 13.1. The highest BCUT2D eigenvalue weighted by Crippen LogP contribution is 2.33. The molecule has 1 aromatic carbocycles. The van der Waals surface area contributed by atoms with E-state index in [9.17, 15) is 4.79 Å². The van der Waals surface area contributed by atoms with Gasteiger partial charge in [0.25, 0.3) is 0 Å². The third-order valence-electron chi connectivity index (χ3n) is 4.59. The summed E-state index contributed by atoms with van der Waals surface area (Å²) in [4.78, 5) is 18.9. The van der Waals surface area contributed by atoms with Gasteiger partial charge in [-0.2, -0.15) is 0 Å². The topological polar surface area (TPSA) is 75.2 Å². The molecule has 1 aliphatic heterocycles. The van der Waals surface area contributed by atoms with E-state index in [1.165, 1.54) is 5.56 Å². The van der Waals surface area contributed by atoms with Gasteiger partial charge in [0.1, 0.15) is 0 Å². The van der Waals surface area contributed by atoms with Crippen molar-refractivity contribution in [3.05, 3.63) is 23.3 Å². The molecule has 0 fully saturated rings. The Hall–Kier alpha value is -2.15. The number of terminal acetylenes is 1. The Labute approximate surface area is 190 Å². The molecule has 0 saturated carbocycles. The average Bonchev–Trinajstić information content (AvgIpc) is 2.73. The first-order valence-electron chi connectivity index (χ1n) is 9.60. The molecule has 2 N–H and O–H groups in total. The van der Waals surface area contributed by atoms with Crippen LogP contribution >= 0.6 is 24.0 Å². The summed E-state index contributed by atoms with van der Waals surface area (Å²) in [6, 6.07) is 3.98. The maximum atomic E-state index is 12.6. The van der Waals surface area contributed by atoms with Gasteiger partial charge >= 0.3 is 0 Å². The maximum absolute atomic E-state index is 12.6. The minimum Gasteiger partial charge on any atom is -0.493 e. The van der Waals surface area contributed by atoms with Crippen LogP contribution in [0.3, 0.4) is 0 Å². The van der Waals surface area contributed by atoms with E-state index in [-0.39, 0.29) is 29.9 Å². The molecule has 0 saturated heterocycles. The first-order chi connectivity index (χ1) is 13.6. The number of hydrogen-bond acceptors (Lipinski definition) is 4. The minimum absolute atomic E-state index is 0. The molecule has 160 valence electrons. The van der Waals surface area contributed by atoms with Gasteiger partial charge in [-0.1, -0.05) is 5.92 Å². The molecular formula is C21H31IN4O3. The van der Waals surface area contributed by atoms with Gasteiger partial charge in [0.15, 0.2) is 17.5 Å². The van der Waals surface area contributed by atoms with Gasteiger partial charge in [-0.05, 0) is 43.0 Å². The van der Waals surface area contributed by atoms with Crippen LogP contribution in [0.4, 0.5) is 0 Å². The smallest absolute Gasteiger partial charge is 0.222 e. The highest BCUT2D eigenvalue weighted by atomic mass is 127. The van der Waals surface area contributed by atoms with Gasteiger partial charge in [0.2, 0.25) is 5.91 Å². The summed E-state index contributed by atoms with van der Waals surface area (Å²) < 4.78 is 10.7. The van der Waals surface area contributed by atoms with Gasteiger partial charge < -0.3 is 25.0 Å². The van der Waals surface area contributed by atoms with Crippen LogP contribution in [0.5, 0.6) is 11.5 Å². The lowest BCUT2D eigenvalue weighted by Gasteiger charge is -2.29. The second-order valence-electron chi connectivity index (χ2n) is 6.46. The summed E-state index contributed by atoms with van der Waals surface area (Å²) in [6.45, 7) is 5.07. The first-order valence-corrected chi connectivity index (χ1v) is 9.60. The highest BCUT2D eigenvalue weighted by Gasteiger charge is 2.22. The highest BCUT2D eigenvalue weighted by molar-refractivity contribution is 14.0. The lowest BCUT2D eigenvalue weighted by atomic mass is 9.98. The van der Waals surface area contributed by atoms with Crippen molar-refractivity contribution in [2.75, 3.05) is 40.4 Å². The number of carbonyl (C=O) groups excluding carboxylic acids is 1. The number of guanidine groups is 1. The van der Waals surface area contributed by atoms with E-state index < -0.39 is 0 Å². The van der Waals surface area contributed by atoms with Crippen LogP contribution in [0.1, 0.15) is 30.9 Å². The normalized spacial score (nSPS) is 12.9. The second-order valence-corrected chi connectivity index (χ2v) is 6.46. The fraction of sp³-hybridized carbons (Fsp3) is 0.524. The number of nitrogens with zero attached hydrogens (tertiary/aromatic N) is 2. The van der Waals surface area contributed by atoms with Crippen LogP contribution in [0.15, 0.2) is 17.1 Å². The predicted molar refractivity (Wildman–Crippen MR) is 126 cm³/mol. The summed E-state index contributed by atoms with van der Waals surface area (Å²) >= 11 is 0. The van der Waals surface area contributed by atoms with Crippen molar-refractivity contribution in [1.29, 1.82) is 0 Å². The molecule has 0 spiro atoms. The Morgan fingerprint density at radius 3 is 2.55 bits per heavy atom. The molecule has 0 aromatic heterocycles. The number of ether oxygens (including phenoxy) is 2. The lowest BCUT2D eigenvalue weighted by molar-refractivity contribution is -0.132. The van der Waals surface area contributed by atoms with E-state index in [0.29, 0.717) is 44.2 Å². The van der Waals surface area contributed by atoms with Gasteiger partial charge in [0.05, 0.1) is 20.8 Å². The molecule has 1 heterocycles. The predicted octanol–water partition coefficient (Wildman–Crippen LogP) is 2.18. The Kier molecular flexibility index (Phi) is 11.3. The van der Waals surface area contributed by atoms with Crippen LogP contribution in [-0.4, -0.2) is 57.2 Å². The lowest BCUT2D eigenvalue weighted by Crippen LogP contribution is -2.37. The Bertz CT molecular complexity index is 746. The molecule has 0 unspecified atom stereocenters. The van der Waals surface area contributed by atoms with Crippen LogP contribution < -0.4 is 20.1 Å². The van der Waals surface area contributed by atoms with Gasteiger partial charge in [0, 0.05) is 32.6 Å². The van der Waals surface area contributed by atoms with E-state index in [1.54, 1.807) is 14.2 Å². The minimum atomic E-state index is 0. The number of benzene rings is 1. The van der Waals surface area contributed by atoms with Crippen molar-refractivity contribution in [3.63, 3.8) is 0 Å². The molecule has 1 aliphatic rings. The van der Waals surface area contributed by atoms with Crippen molar-refractivity contribution in [3.8, 4) is 23.8 Å². The standard InChI is InChI=1S/C21H30N4O3.HI/c1-5-10-23-21(22-6-2)24-11-7-8-20(26)25-12-9-16-13-18(27-3)19(28-4)14-17(16)15-25;/h1,13-14H,6-12,15H2,2-4H3,(H2,22,23,24);1H. The Morgan fingerprint density at radius 2 is 1.93 bits per heavy atom. The largest absolute Gasteiger partial charge is 0.493 e. The summed E-state index contributed by atoms with van der Waals surface area (Å²) in [7, 11) is 3.26. The molecule has 7 nitrogen and oxygen atoms in total. The monoisotopic (exact) mass is 514 g/mol. The molecule has 1 aromatic rings. The maximum Gasteiger partial charge on any atom is 0.222 e. The van der Waals surface area contributed by atoms with Crippen molar-refractivity contribution in [1.82, 2.24) is 15.5 Å². The van der Waals surface area contributed by atoms with Crippen molar-refractivity contribution in [2.24, 2.45) is 4.99 Å². The number of methoxy groups -OCH3 is 2. The average molecular weight is 514 g/mol. The molecule has 0 radical (unpaired) electrons. The molecule has 0 atom stereocenters. The zero-order valence-electron chi connectivity index (χ0n) is 17.4. The third-order valence-corrected chi connectivity index (χ3v) is 4.59. The third kappa shape index (κ3) is 7.31. The van der Waals surface area contributed by atoms with Crippen LogP contribution in [0.2, 0.25) is 0 Å². The van der Waals surface area contributed by atoms with E-state index in [1.807, 2.05) is 24.0 Å². The summed E-state index contributed by atoms with van der Waals surface area (Å²) in [5.41, 5.74) is 2.32. The summed E-state index contributed by atoms with van der Waals surface area (Å²) in [6.07, 6.45) is 7.25. The summed E-state index contributed by atoms with van der Waals surface area (Å²) in [5.74, 6) is 4.78. The van der Waals surface area contributed by atoms with Gasteiger partial charge in [-0.15, -0.1) is 30.4 Å². The fourth-order valence-corrected chi connectivity index (χ4v) is 3.15. The fourth-order valence-electron chi connectivity index (χ4n) is 3.15. The van der Waals surface area contributed by atoms with E-state index in [4.69, 9.17) is 15.9 Å². The number of aliphatic imine (C=N–C) groups is 1. The van der Waals surface area contributed by atoms with Crippen molar-refractivity contribution in [2.45, 2.75) is 32.7 Å².